The lowest BCUT2D eigenvalue weighted by Crippen LogP contribution is -2.42. The van der Waals surface area contributed by atoms with Crippen LogP contribution in [0.2, 0.25) is 0 Å². The topological polar surface area (TPSA) is 105 Å². The first kappa shape index (κ1) is 33.4. The Balaban J connectivity index is 1.15. The van der Waals surface area contributed by atoms with Crippen LogP contribution >= 0.6 is 0 Å². The van der Waals surface area contributed by atoms with E-state index in [1.807, 2.05) is 121 Å². The Morgan fingerprint density at radius 1 is 0.447 bits per heavy atom. The van der Waals surface area contributed by atoms with Gasteiger partial charge in [0.15, 0.2) is 12.6 Å². The molecule has 0 bridgehead atoms. The second kappa shape index (κ2) is 17.1. The molecule has 0 aromatic heterocycles. The Morgan fingerprint density at radius 3 is 1.26 bits per heavy atom. The highest BCUT2D eigenvalue weighted by atomic mass is 16.7. The van der Waals surface area contributed by atoms with Crippen LogP contribution in [0.4, 0.5) is 0 Å². The number of aliphatic hydroxyl groups excluding tert-OH is 2. The predicted octanol–water partition coefficient (Wildman–Crippen LogP) is 4.78. The lowest BCUT2D eigenvalue weighted by molar-refractivity contribution is -0.208. The minimum Gasteiger partial charge on any atom is -0.394 e. The molecule has 2 N–H and O–H groups in total. The number of ether oxygens (including phenoxy) is 7. The molecular formula is C38H42O9. The van der Waals surface area contributed by atoms with Gasteiger partial charge < -0.3 is 43.4 Å². The lowest BCUT2D eigenvalue weighted by Gasteiger charge is -2.27. The number of rotatable bonds is 16. The van der Waals surface area contributed by atoms with Crippen molar-refractivity contribution in [1.29, 1.82) is 0 Å². The number of hydrogen-bond acceptors (Lipinski definition) is 9. The molecule has 47 heavy (non-hydrogen) atoms. The minimum absolute atomic E-state index is 0.0150. The Kier molecular flexibility index (Phi) is 12.1. The van der Waals surface area contributed by atoms with Crippen LogP contribution in [0.3, 0.4) is 0 Å². The monoisotopic (exact) mass is 642 g/mol. The molecular weight excluding hydrogens is 600 g/mol. The van der Waals surface area contributed by atoms with Crippen molar-refractivity contribution in [3.05, 3.63) is 144 Å². The lowest BCUT2D eigenvalue weighted by atomic mass is 10.1. The molecule has 2 saturated heterocycles. The van der Waals surface area contributed by atoms with Gasteiger partial charge in [-0.1, -0.05) is 121 Å². The molecule has 248 valence electrons. The van der Waals surface area contributed by atoms with Crippen molar-refractivity contribution in [1.82, 2.24) is 0 Å². The van der Waals surface area contributed by atoms with Crippen molar-refractivity contribution in [2.45, 2.75) is 75.6 Å². The fourth-order valence-corrected chi connectivity index (χ4v) is 5.83. The van der Waals surface area contributed by atoms with Crippen LogP contribution in [-0.2, 0) is 59.6 Å². The van der Waals surface area contributed by atoms with Crippen molar-refractivity contribution in [2.75, 3.05) is 13.2 Å². The Labute approximate surface area is 275 Å². The zero-order valence-corrected chi connectivity index (χ0v) is 26.2. The van der Waals surface area contributed by atoms with Crippen molar-refractivity contribution in [3.8, 4) is 0 Å². The first-order valence-electron chi connectivity index (χ1n) is 16.0. The van der Waals surface area contributed by atoms with Gasteiger partial charge >= 0.3 is 0 Å². The molecule has 0 radical (unpaired) electrons. The number of benzene rings is 4. The molecule has 2 fully saturated rings. The first-order chi connectivity index (χ1) is 23.2. The van der Waals surface area contributed by atoms with Gasteiger partial charge in [-0.25, -0.2) is 0 Å². The second-order valence-electron chi connectivity index (χ2n) is 11.7. The number of hydrogen-bond donors (Lipinski definition) is 2. The second-order valence-corrected chi connectivity index (χ2v) is 11.7. The molecule has 2 aliphatic rings. The summed E-state index contributed by atoms with van der Waals surface area (Å²) in [5, 5.41) is 21.2. The van der Waals surface area contributed by atoms with Gasteiger partial charge in [-0.05, 0) is 22.3 Å². The smallest absolute Gasteiger partial charge is 0.187 e. The summed E-state index contributed by atoms with van der Waals surface area (Å²) in [6, 6.07) is 39.2. The molecule has 9 heteroatoms. The van der Waals surface area contributed by atoms with Crippen LogP contribution in [0.1, 0.15) is 22.3 Å². The normalized spacial score (nSPS) is 27.3. The molecule has 4 aromatic carbocycles. The van der Waals surface area contributed by atoms with Gasteiger partial charge in [0, 0.05) is 0 Å². The zero-order chi connectivity index (χ0) is 32.3. The summed E-state index contributed by atoms with van der Waals surface area (Å²) in [6.07, 6.45) is -6.11. The Hall–Kier alpha value is -3.48. The zero-order valence-electron chi connectivity index (χ0n) is 26.2. The van der Waals surface area contributed by atoms with Crippen LogP contribution in [0.15, 0.2) is 121 Å². The summed E-state index contributed by atoms with van der Waals surface area (Å²) in [6.45, 7) is 0.937. The summed E-state index contributed by atoms with van der Waals surface area (Å²) >= 11 is 0. The fraction of sp³-hybridized carbons (Fsp3) is 0.368. The maximum atomic E-state index is 11.0. The molecule has 0 saturated carbocycles. The SMILES string of the molecule is OC[C@H]1O[C@H](OC[C@H]2O[C@H](O)[C@@H](OCc3ccccc3)[C@@H]2OCc2ccccc2)[C@@H](OCc2ccccc2)[C@@H]1OCc1ccccc1. The van der Waals surface area contributed by atoms with E-state index in [1.54, 1.807) is 0 Å². The van der Waals surface area contributed by atoms with Crippen LogP contribution in [0.25, 0.3) is 0 Å². The summed E-state index contributed by atoms with van der Waals surface area (Å²) in [7, 11) is 0. The van der Waals surface area contributed by atoms with E-state index in [4.69, 9.17) is 33.2 Å². The predicted molar refractivity (Wildman–Crippen MR) is 173 cm³/mol. The van der Waals surface area contributed by atoms with Gasteiger partial charge in [-0.15, -0.1) is 0 Å². The summed E-state index contributed by atoms with van der Waals surface area (Å²) in [5.74, 6) is 0. The highest BCUT2D eigenvalue weighted by Crippen LogP contribution is 2.32. The third kappa shape index (κ3) is 9.11. The molecule has 0 amide bonds. The van der Waals surface area contributed by atoms with E-state index in [-0.39, 0.29) is 19.8 Å². The third-order valence-corrected chi connectivity index (χ3v) is 8.30. The van der Waals surface area contributed by atoms with Crippen LogP contribution in [0.5, 0.6) is 0 Å². The van der Waals surface area contributed by atoms with Gasteiger partial charge in [0.25, 0.3) is 0 Å². The van der Waals surface area contributed by atoms with Crippen LogP contribution < -0.4 is 0 Å². The van der Waals surface area contributed by atoms with Gasteiger partial charge in [0.05, 0.1) is 39.6 Å². The third-order valence-electron chi connectivity index (χ3n) is 8.30. The molecule has 8 atom stereocenters. The molecule has 2 heterocycles. The summed E-state index contributed by atoms with van der Waals surface area (Å²) < 4.78 is 43.7. The maximum absolute atomic E-state index is 11.0. The van der Waals surface area contributed by atoms with E-state index in [9.17, 15) is 10.2 Å². The quantitative estimate of drug-likeness (QED) is 0.179. The molecule has 9 nitrogen and oxygen atoms in total. The van der Waals surface area contributed by atoms with E-state index in [1.165, 1.54) is 0 Å². The molecule has 0 unspecified atom stereocenters. The van der Waals surface area contributed by atoms with Gasteiger partial charge in [-0.3, -0.25) is 0 Å². The van der Waals surface area contributed by atoms with Gasteiger partial charge in [0.2, 0.25) is 0 Å². The largest absolute Gasteiger partial charge is 0.394 e. The molecule has 4 aromatic rings. The van der Waals surface area contributed by atoms with Crippen molar-refractivity contribution >= 4 is 0 Å². The molecule has 6 rings (SSSR count). The van der Waals surface area contributed by atoms with Crippen molar-refractivity contribution < 1.29 is 43.4 Å². The van der Waals surface area contributed by atoms with Gasteiger partial charge in [-0.2, -0.15) is 0 Å². The van der Waals surface area contributed by atoms with Crippen LogP contribution in [0, 0.1) is 0 Å². The van der Waals surface area contributed by atoms with E-state index in [0.717, 1.165) is 22.3 Å². The standard InChI is InChI=1S/C38H42O9/c39-21-31-33(41-22-27-13-5-1-6-14-27)36(44-25-30-19-11-4-12-20-30)38(47-31)45-26-32-34(42-23-28-15-7-2-8-16-28)35(37(40)46-32)43-24-29-17-9-3-10-18-29/h1-20,31-40H,21-26H2/t31-,32-,33-,34-,35+,36+,37+,38+/m1/s1. The van der Waals surface area contributed by atoms with Crippen LogP contribution in [-0.4, -0.2) is 72.6 Å². The highest BCUT2D eigenvalue weighted by Gasteiger charge is 2.50. The average molecular weight is 643 g/mol. The average Bonchev–Trinajstić information content (AvgIpc) is 3.63. The molecule has 0 spiro atoms. The van der Waals surface area contributed by atoms with E-state index < -0.39 is 49.2 Å². The van der Waals surface area contributed by atoms with E-state index >= 15 is 0 Å². The maximum Gasteiger partial charge on any atom is 0.187 e. The van der Waals surface area contributed by atoms with Gasteiger partial charge in [0.1, 0.15) is 36.6 Å². The minimum atomic E-state index is -1.23. The fourth-order valence-electron chi connectivity index (χ4n) is 5.83. The van der Waals surface area contributed by atoms with E-state index in [2.05, 4.69) is 0 Å². The Bertz CT molecular complexity index is 1440. The molecule has 2 aliphatic heterocycles. The first-order valence-corrected chi connectivity index (χ1v) is 16.0. The van der Waals surface area contributed by atoms with E-state index in [0.29, 0.717) is 19.8 Å². The highest BCUT2D eigenvalue weighted by molar-refractivity contribution is 5.16. The van der Waals surface area contributed by atoms with Crippen molar-refractivity contribution in [3.63, 3.8) is 0 Å². The molecule has 0 aliphatic carbocycles. The van der Waals surface area contributed by atoms with Crippen molar-refractivity contribution in [2.24, 2.45) is 0 Å². The summed E-state index contributed by atoms with van der Waals surface area (Å²) in [4.78, 5) is 0. The number of aliphatic hydroxyl groups is 2. The summed E-state index contributed by atoms with van der Waals surface area (Å²) in [5.41, 5.74) is 3.92. The Morgan fingerprint density at radius 2 is 0.830 bits per heavy atom.